The van der Waals surface area contributed by atoms with E-state index in [-0.39, 0.29) is 6.04 Å². The smallest absolute Gasteiger partial charge is 0.337 e. The zero-order valence-corrected chi connectivity index (χ0v) is 12.5. The molecule has 0 bridgehead atoms. The highest BCUT2D eigenvalue weighted by molar-refractivity contribution is 5.94. The molecule has 0 heterocycles. The van der Waals surface area contributed by atoms with E-state index in [9.17, 15) is 9.90 Å². The molecule has 1 unspecified atom stereocenters. The van der Waals surface area contributed by atoms with E-state index in [4.69, 9.17) is 0 Å². The van der Waals surface area contributed by atoms with Crippen molar-refractivity contribution >= 4 is 11.7 Å². The standard InChI is InChI=1S/C18H21NO2/c1-13-6-5-7-15(12-13)11-10-14(2)19-17-9-4-3-8-16(17)18(20)21/h3-9,12,14,19H,10-11H2,1-2H3,(H,20,21). The molecule has 0 spiro atoms. The molecule has 21 heavy (non-hydrogen) atoms. The minimum atomic E-state index is -0.899. The Bertz CT molecular complexity index is 622. The summed E-state index contributed by atoms with van der Waals surface area (Å²) in [7, 11) is 0. The van der Waals surface area contributed by atoms with Crippen molar-refractivity contribution in [3.05, 3.63) is 65.2 Å². The summed E-state index contributed by atoms with van der Waals surface area (Å²) < 4.78 is 0. The normalized spacial score (nSPS) is 11.9. The summed E-state index contributed by atoms with van der Waals surface area (Å²) in [6.45, 7) is 4.17. The summed E-state index contributed by atoms with van der Waals surface area (Å²) in [5, 5.41) is 12.5. The quantitative estimate of drug-likeness (QED) is 0.838. The fourth-order valence-corrected chi connectivity index (χ4v) is 2.38. The first kappa shape index (κ1) is 15.1. The SMILES string of the molecule is Cc1cccc(CCC(C)Nc2ccccc2C(=O)O)c1. The number of carbonyl (C=O) groups is 1. The number of hydrogen-bond acceptors (Lipinski definition) is 2. The van der Waals surface area contributed by atoms with E-state index in [1.807, 2.05) is 12.1 Å². The van der Waals surface area contributed by atoms with Gasteiger partial charge in [0.15, 0.2) is 0 Å². The predicted molar refractivity (Wildman–Crippen MR) is 86.0 cm³/mol. The number of benzene rings is 2. The molecule has 0 aromatic heterocycles. The fraction of sp³-hybridized carbons (Fsp3) is 0.278. The lowest BCUT2D eigenvalue weighted by Gasteiger charge is -2.17. The predicted octanol–water partition coefficient (Wildman–Crippen LogP) is 4.13. The highest BCUT2D eigenvalue weighted by Crippen LogP contribution is 2.17. The molecule has 0 aliphatic carbocycles. The van der Waals surface area contributed by atoms with E-state index >= 15 is 0 Å². The van der Waals surface area contributed by atoms with E-state index in [0.717, 1.165) is 12.8 Å². The molecule has 2 aromatic rings. The second-order valence-corrected chi connectivity index (χ2v) is 5.42. The van der Waals surface area contributed by atoms with Crippen LogP contribution in [0.5, 0.6) is 0 Å². The molecule has 0 saturated carbocycles. The van der Waals surface area contributed by atoms with Crippen LogP contribution in [0.2, 0.25) is 0 Å². The van der Waals surface area contributed by atoms with Crippen molar-refractivity contribution in [2.45, 2.75) is 32.7 Å². The van der Waals surface area contributed by atoms with Crippen LogP contribution in [0, 0.1) is 6.92 Å². The van der Waals surface area contributed by atoms with Crippen molar-refractivity contribution < 1.29 is 9.90 Å². The lowest BCUT2D eigenvalue weighted by atomic mass is 10.0. The van der Waals surface area contributed by atoms with Gasteiger partial charge in [-0.2, -0.15) is 0 Å². The van der Waals surface area contributed by atoms with Gasteiger partial charge in [0.2, 0.25) is 0 Å². The number of rotatable bonds is 6. The van der Waals surface area contributed by atoms with Gasteiger partial charge >= 0.3 is 5.97 Å². The molecule has 0 aliphatic rings. The molecule has 2 aromatic carbocycles. The topological polar surface area (TPSA) is 49.3 Å². The van der Waals surface area contributed by atoms with Crippen molar-refractivity contribution in [1.82, 2.24) is 0 Å². The van der Waals surface area contributed by atoms with Crippen molar-refractivity contribution in [3.8, 4) is 0 Å². The molecule has 0 radical (unpaired) electrons. The molecular weight excluding hydrogens is 262 g/mol. The second-order valence-electron chi connectivity index (χ2n) is 5.42. The third kappa shape index (κ3) is 4.35. The Hall–Kier alpha value is -2.29. The van der Waals surface area contributed by atoms with Gasteiger partial charge in [-0.1, -0.05) is 42.0 Å². The van der Waals surface area contributed by atoms with Gasteiger partial charge in [-0.05, 0) is 44.4 Å². The Morgan fingerprint density at radius 2 is 1.95 bits per heavy atom. The minimum absolute atomic E-state index is 0.214. The van der Waals surface area contributed by atoms with E-state index in [1.165, 1.54) is 11.1 Å². The molecular formula is C18H21NO2. The monoisotopic (exact) mass is 283 g/mol. The van der Waals surface area contributed by atoms with Gasteiger partial charge in [-0.15, -0.1) is 0 Å². The molecule has 3 nitrogen and oxygen atoms in total. The number of aromatic carboxylic acids is 1. The summed E-state index contributed by atoms with van der Waals surface area (Å²) >= 11 is 0. The van der Waals surface area contributed by atoms with Crippen molar-refractivity contribution in [2.24, 2.45) is 0 Å². The Balaban J connectivity index is 1.96. The Labute approximate surface area is 125 Å². The average Bonchev–Trinajstić information content (AvgIpc) is 2.45. The molecule has 0 aliphatic heterocycles. The number of carboxylic acid groups (broad SMARTS) is 1. The highest BCUT2D eigenvalue weighted by Gasteiger charge is 2.11. The van der Waals surface area contributed by atoms with Crippen molar-refractivity contribution in [2.75, 3.05) is 5.32 Å². The maximum atomic E-state index is 11.2. The lowest BCUT2D eigenvalue weighted by molar-refractivity contribution is 0.0698. The zero-order chi connectivity index (χ0) is 15.2. The maximum Gasteiger partial charge on any atom is 0.337 e. The van der Waals surface area contributed by atoms with Crippen molar-refractivity contribution in [3.63, 3.8) is 0 Å². The van der Waals surface area contributed by atoms with E-state index in [1.54, 1.807) is 12.1 Å². The summed E-state index contributed by atoms with van der Waals surface area (Å²) in [6.07, 6.45) is 1.93. The molecule has 2 N–H and O–H groups in total. The number of aryl methyl sites for hydroxylation is 2. The van der Waals surface area contributed by atoms with Gasteiger partial charge in [0, 0.05) is 11.7 Å². The largest absolute Gasteiger partial charge is 0.478 e. The van der Waals surface area contributed by atoms with Crippen LogP contribution >= 0.6 is 0 Å². The first-order chi connectivity index (χ1) is 10.1. The second kappa shape index (κ2) is 6.93. The van der Waals surface area contributed by atoms with Crippen LogP contribution in [0.3, 0.4) is 0 Å². The summed E-state index contributed by atoms with van der Waals surface area (Å²) in [6, 6.07) is 15.7. The number of hydrogen-bond donors (Lipinski definition) is 2. The van der Waals surface area contributed by atoms with Crippen LogP contribution < -0.4 is 5.32 Å². The van der Waals surface area contributed by atoms with Gasteiger partial charge in [-0.25, -0.2) is 4.79 Å². The van der Waals surface area contributed by atoms with Crippen LogP contribution in [-0.2, 0) is 6.42 Å². The van der Waals surface area contributed by atoms with Gasteiger partial charge < -0.3 is 10.4 Å². The molecule has 3 heteroatoms. The number of anilines is 1. The molecule has 1 atom stereocenters. The Kier molecular flexibility index (Phi) is 4.99. The summed E-state index contributed by atoms with van der Waals surface area (Å²) in [4.78, 5) is 11.2. The van der Waals surface area contributed by atoms with Crippen molar-refractivity contribution in [1.29, 1.82) is 0 Å². The van der Waals surface area contributed by atoms with E-state index in [2.05, 4.69) is 43.4 Å². The van der Waals surface area contributed by atoms with Crippen LogP contribution in [0.15, 0.2) is 48.5 Å². The minimum Gasteiger partial charge on any atom is -0.478 e. The molecule has 0 fully saturated rings. The van der Waals surface area contributed by atoms with E-state index in [0.29, 0.717) is 11.3 Å². The van der Waals surface area contributed by atoms with E-state index < -0.39 is 5.97 Å². The summed E-state index contributed by atoms with van der Waals surface area (Å²) in [5.74, 6) is -0.899. The lowest BCUT2D eigenvalue weighted by Crippen LogP contribution is -2.18. The maximum absolute atomic E-state index is 11.2. The van der Waals surface area contributed by atoms with Gasteiger partial charge in [0.25, 0.3) is 0 Å². The molecule has 110 valence electrons. The Morgan fingerprint density at radius 1 is 1.19 bits per heavy atom. The first-order valence-corrected chi connectivity index (χ1v) is 7.20. The van der Waals surface area contributed by atoms with Crippen LogP contribution in [-0.4, -0.2) is 17.1 Å². The van der Waals surface area contributed by atoms with Gasteiger partial charge in [-0.3, -0.25) is 0 Å². The van der Waals surface area contributed by atoms with Crippen LogP contribution in [0.1, 0.15) is 34.8 Å². The number of para-hydroxylation sites is 1. The first-order valence-electron chi connectivity index (χ1n) is 7.20. The summed E-state index contributed by atoms with van der Waals surface area (Å²) in [5.41, 5.74) is 3.58. The molecule has 2 rings (SSSR count). The van der Waals surface area contributed by atoms with Gasteiger partial charge in [0.05, 0.1) is 5.56 Å². The van der Waals surface area contributed by atoms with Crippen LogP contribution in [0.25, 0.3) is 0 Å². The number of carboxylic acids is 1. The fourth-order valence-electron chi connectivity index (χ4n) is 2.38. The third-order valence-electron chi connectivity index (χ3n) is 3.51. The zero-order valence-electron chi connectivity index (χ0n) is 12.5. The van der Waals surface area contributed by atoms with Crippen LogP contribution in [0.4, 0.5) is 5.69 Å². The van der Waals surface area contributed by atoms with Gasteiger partial charge in [0.1, 0.15) is 0 Å². The average molecular weight is 283 g/mol. The molecule has 0 amide bonds. The molecule has 0 saturated heterocycles. The third-order valence-corrected chi connectivity index (χ3v) is 3.51. The number of nitrogens with one attached hydrogen (secondary N) is 1. The highest BCUT2D eigenvalue weighted by atomic mass is 16.4. The Morgan fingerprint density at radius 3 is 2.67 bits per heavy atom.